The molecular weight excluding hydrogens is 251 g/mol. The molecule has 0 bridgehead atoms. The standard InChI is InChI=1S/C10H12ClFN2O3/c1-6(15)5-13(2)9-4-8(12)7(11)3-10(9)14(16)17/h3-4,6,15H,5H2,1-2H3. The molecule has 1 atom stereocenters. The summed E-state index contributed by atoms with van der Waals surface area (Å²) in [5.41, 5.74) is -0.211. The number of benzene rings is 1. The molecule has 0 aliphatic rings. The molecule has 1 rings (SSSR count). The molecule has 0 spiro atoms. The number of hydrogen-bond acceptors (Lipinski definition) is 4. The first-order chi connectivity index (χ1) is 7.82. The van der Waals surface area contributed by atoms with E-state index in [9.17, 15) is 19.6 Å². The molecule has 17 heavy (non-hydrogen) atoms. The molecule has 0 radical (unpaired) electrons. The molecule has 0 aliphatic carbocycles. The Hall–Kier alpha value is -1.40. The molecule has 0 saturated heterocycles. The van der Waals surface area contributed by atoms with Gasteiger partial charge in [0.15, 0.2) is 0 Å². The van der Waals surface area contributed by atoms with Gasteiger partial charge >= 0.3 is 0 Å². The van der Waals surface area contributed by atoms with Crippen LogP contribution in [0, 0.1) is 15.9 Å². The monoisotopic (exact) mass is 262 g/mol. The van der Waals surface area contributed by atoms with E-state index in [0.29, 0.717) is 0 Å². The van der Waals surface area contributed by atoms with Gasteiger partial charge in [0.2, 0.25) is 0 Å². The Morgan fingerprint density at radius 1 is 1.65 bits per heavy atom. The van der Waals surface area contributed by atoms with Crippen LogP contribution in [-0.2, 0) is 0 Å². The predicted octanol–water partition coefficient (Wildman–Crippen LogP) is 2.20. The summed E-state index contributed by atoms with van der Waals surface area (Å²) in [5.74, 6) is -0.732. The van der Waals surface area contributed by atoms with Gasteiger partial charge in [-0.15, -0.1) is 0 Å². The normalized spacial score (nSPS) is 12.3. The molecule has 0 amide bonds. The highest BCUT2D eigenvalue weighted by molar-refractivity contribution is 6.31. The van der Waals surface area contributed by atoms with E-state index in [4.69, 9.17) is 11.6 Å². The third-order valence-electron chi connectivity index (χ3n) is 2.16. The van der Waals surface area contributed by atoms with Gasteiger partial charge in [0.1, 0.15) is 11.5 Å². The van der Waals surface area contributed by atoms with Gasteiger partial charge < -0.3 is 10.0 Å². The van der Waals surface area contributed by atoms with Crippen LogP contribution in [0.5, 0.6) is 0 Å². The van der Waals surface area contributed by atoms with E-state index in [2.05, 4.69) is 0 Å². The zero-order valence-corrected chi connectivity index (χ0v) is 10.1. The highest BCUT2D eigenvalue weighted by Gasteiger charge is 2.21. The van der Waals surface area contributed by atoms with E-state index in [-0.39, 0.29) is 22.9 Å². The molecule has 5 nitrogen and oxygen atoms in total. The Morgan fingerprint density at radius 2 is 2.24 bits per heavy atom. The number of nitro benzene ring substituents is 1. The number of halogens is 2. The van der Waals surface area contributed by atoms with Crippen molar-refractivity contribution in [3.05, 3.63) is 33.1 Å². The number of nitrogens with zero attached hydrogens (tertiary/aromatic N) is 2. The molecule has 1 N–H and O–H groups in total. The van der Waals surface area contributed by atoms with Gasteiger partial charge in [-0.2, -0.15) is 0 Å². The van der Waals surface area contributed by atoms with Crippen LogP contribution in [0.1, 0.15) is 6.92 Å². The van der Waals surface area contributed by atoms with E-state index in [0.717, 1.165) is 12.1 Å². The van der Waals surface area contributed by atoms with Crippen LogP contribution in [0.25, 0.3) is 0 Å². The molecule has 0 heterocycles. The summed E-state index contributed by atoms with van der Waals surface area (Å²) in [4.78, 5) is 11.6. The van der Waals surface area contributed by atoms with Gasteiger partial charge in [-0.25, -0.2) is 4.39 Å². The van der Waals surface area contributed by atoms with Gasteiger partial charge in [-0.05, 0) is 6.92 Å². The van der Waals surface area contributed by atoms with Crippen molar-refractivity contribution in [2.24, 2.45) is 0 Å². The average Bonchev–Trinajstić information content (AvgIpc) is 2.19. The van der Waals surface area contributed by atoms with Crippen LogP contribution >= 0.6 is 11.6 Å². The van der Waals surface area contributed by atoms with Crippen LogP contribution in [0.3, 0.4) is 0 Å². The van der Waals surface area contributed by atoms with Gasteiger partial charge in [-0.1, -0.05) is 11.6 Å². The first-order valence-corrected chi connectivity index (χ1v) is 5.23. The zero-order chi connectivity index (χ0) is 13.2. The summed E-state index contributed by atoms with van der Waals surface area (Å²) in [6.07, 6.45) is -0.682. The van der Waals surface area contributed by atoms with E-state index >= 15 is 0 Å². The first kappa shape index (κ1) is 13.7. The first-order valence-electron chi connectivity index (χ1n) is 4.85. The fourth-order valence-electron chi connectivity index (χ4n) is 1.47. The Balaban J connectivity index is 3.20. The Bertz CT molecular complexity index is 440. The molecule has 0 aliphatic heterocycles. The van der Waals surface area contributed by atoms with E-state index in [1.165, 1.54) is 18.9 Å². The molecule has 1 unspecified atom stereocenters. The molecule has 1 aromatic rings. The molecule has 0 fully saturated rings. The van der Waals surface area contributed by atoms with Crippen LogP contribution in [-0.4, -0.2) is 29.7 Å². The second-order valence-electron chi connectivity index (χ2n) is 3.74. The van der Waals surface area contributed by atoms with Crippen molar-refractivity contribution in [3.8, 4) is 0 Å². The van der Waals surface area contributed by atoms with Crippen LogP contribution in [0.15, 0.2) is 12.1 Å². The highest BCUT2D eigenvalue weighted by Crippen LogP contribution is 2.32. The predicted molar refractivity (Wildman–Crippen MR) is 63.0 cm³/mol. The van der Waals surface area contributed by atoms with Crippen molar-refractivity contribution in [2.75, 3.05) is 18.5 Å². The van der Waals surface area contributed by atoms with Gasteiger partial charge in [0.05, 0.1) is 16.0 Å². The molecular formula is C10H12ClFN2O3. The molecule has 7 heteroatoms. The van der Waals surface area contributed by atoms with E-state index in [1.54, 1.807) is 0 Å². The molecule has 0 aromatic heterocycles. The second-order valence-corrected chi connectivity index (χ2v) is 4.15. The lowest BCUT2D eigenvalue weighted by molar-refractivity contribution is -0.384. The quantitative estimate of drug-likeness (QED) is 0.667. The third-order valence-corrected chi connectivity index (χ3v) is 2.45. The van der Waals surface area contributed by atoms with Crippen molar-refractivity contribution in [1.82, 2.24) is 0 Å². The lowest BCUT2D eigenvalue weighted by Crippen LogP contribution is -2.27. The third kappa shape index (κ3) is 3.28. The summed E-state index contributed by atoms with van der Waals surface area (Å²) in [6.45, 7) is 1.69. The Kier molecular flexibility index (Phi) is 4.25. The number of likely N-dealkylation sites (N-methyl/N-ethyl adjacent to an activating group) is 1. The zero-order valence-electron chi connectivity index (χ0n) is 9.35. The van der Waals surface area contributed by atoms with Gasteiger partial charge in [-0.3, -0.25) is 10.1 Å². The van der Waals surface area contributed by atoms with Crippen molar-refractivity contribution in [2.45, 2.75) is 13.0 Å². The number of nitro groups is 1. The summed E-state index contributed by atoms with van der Waals surface area (Å²) in [5, 5.41) is 19.7. The highest BCUT2D eigenvalue weighted by atomic mass is 35.5. The van der Waals surface area contributed by atoms with Crippen LogP contribution in [0.4, 0.5) is 15.8 Å². The maximum absolute atomic E-state index is 13.3. The van der Waals surface area contributed by atoms with Crippen LogP contribution < -0.4 is 4.90 Å². The Labute approximate surface area is 103 Å². The molecule has 0 saturated carbocycles. The summed E-state index contributed by atoms with van der Waals surface area (Å²) < 4.78 is 13.3. The minimum atomic E-state index is -0.732. The number of rotatable bonds is 4. The van der Waals surface area contributed by atoms with Crippen molar-refractivity contribution in [1.29, 1.82) is 0 Å². The minimum absolute atomic E-state index is 0.0813. The largest absolute Gasteiger partial charge is 0.392 e. The minimum Gasteiger partial charge on any atom is -0.392 e. The smallest absolute Gasteiger partial charge is 0.294 e. The van der Waals surface area contributed by atoms with E-state index < -0.39 is 16.8 Å². The van der Waals surface area contributed by atoms with Crippen molar-refractivity contribution in [3.63, 3.8) is 0 Å². The summed E-state index contributed by atoms with van der Waals surface area (Å²) in [7, 11) is 1.53. The number of aliphatic hydroxyl groups is 1. The fourth-order valence-corrected chi connectivity index (χ4v) is 1.63. The Morgan fingerprint density at radius 3 is 2.71 bits per heavy atom. The summed E-state index contributed by atoms with van der Waals surface area (Å²) in [6, 6.07) is 1.95. The molecule has 1 aromatic carbocycles. The molecule has 94 valence electrons. The summed E-state index contributed by atoms with van der Waals surface area (Å²) >= 11 is 5.49. The maximum Gasteiger partial charge on any atom is 0.294 e. The van der Waals surface area contributed by atoms with Crippen molar-refractivity contribution < 1.29 is 14.4 Å². The lowest BCUT2D eigenvalue weighted by atomic mass is 10.2. The number of hydrogen-bond donors (Lipinski definition) is 1. The van der Waals surface area contributed by atoms with E-state index in [1.807, 2.05) is 0 Å². The van der Waals surface area contributed by atoms with Crippen LogP contribution in [0.2, 0.25) is 5.02 Å². The van der Waals surface area contributed by atoms with Gasteiger partial charge in [0.25, 0.3) is 5.69 Å². The topological polar surface area (TPSA) is 66.6 Å². The second kappa shape index (κ2) is 5.29. The van der Waals surface area contributed by atoms with Gasteiger partial charge in [0, 0.05) is 25.7 Å². The average molecular weight is 263 g/mol. The lowest BCUT2D eigenvalue weighted by Gasteiger charge is -2.20. The fraction of sp³-hybridized carbons (Fsp3) is 0.400. The number of aliphatic hydroxyl groups excluding tert-OH is 1. The van der Waals surface area contributed by atoms with Crippen molar-refractivity contribution >= 4 is 23.0 Å². The maximum atomic E-state index is 13.3. The number of anilines is 1. The SMILES string of the molecule is CC(O)CN(C)c1cc(F)c(Cl)cc1[N+](=O)[O-].